The summed E-state index contributed by atoms with van der Waals surface area (Å²) in [5.74, 6) is -4.86. The summed E-state index contributed by atoms with van der Waals surface area (Å²) in [7, 11) is 2.14. The van der Waals surface area contributed by atoms with Crippen LogP contribution >= 0.6 is 0 Å². The number of aliphatic hydroxyl groups excluding tert-OH is 1. The molecule has 0 amide bonds. The van der Waals surface area contributed by atoms with Gasteiger partial charge in [-0.05, 0) is 124 Å². The number of piperidine rings is 1. The van der Waals surface area contributed by atoms with E-state index in [9.17, 15) is 24.6 Å². The molecule has 15 nitrogen and oxygen atoms in total. The van der Waals surface area contributed by atoms with Gasteiger partial charge in [-0.3, -0.25) is 9.59 Å². The predicted molar refractivity (Wildman–Crippen MR) is 305 cm³/mol. The maximum absolute atomic E-state index is 14.3. The van der Waals surface area contributed by atoms with Crippen molar-refractivity contribution in [2.45, 2.75) is 217 Å². The Morgan fingerprint density at radius 3 is 2.13 bits per heavy atom. The predicted octanol–water partition coefficient (Wildman–Crippen LogP) is 8.86. The molecule has 79 heavy (non-hydrogen) atoms. The Labute approximate surface area is 472 Å². The largest absolute Gasteiger partial charge is 0.479 e. The van der Waals surface area contributed by atoms with Gasteiger partial charge in [0.2, 0.25) is 0 Å². The van der Waals surface area contributed by atoms with E-state index in [0.717, 1.165) is 49.8 Å². The van der Waals surface area contributed by atoms with Crippen molar-refractivity contribution in [3.8, 4) is 0 Å². The van der Waals surface area contributed by atoms with Crippen molar-refractivity contribution in [2.75, 3.05) is 34.5 Å². The number of ketones is 1. The molecule has 0 bridgehead atoms. The minimum Gasteiger partial charge on any atom is -0.479 e. The fourth-order valence-electron chi connectivity index (χ4n) is 13.8. The number of hydrogen-bond acceptors (Lipinski definition) is 14. The fourth-order valence-corrected chi connectivity index (χ4v) is 18.5. The number of aliphatic carboxylic acids is 1. The second-order valence-electron chi connectivity index (χ2n) is 25.3. The first-order valence-electron chi connectivity index (χ1n) is 29.2. The molecular weight excluding hydrogens is 1020 g/mol. The number of Topliss-reactive ketones (excluding diaryl/α,β-unsaturated/α-hetero) is 1. The molecule has 4 aliphatic heterocycles. The number of hydrogen-bond donors (Lipinski definition) is 3. The summed E-state index contributed by atoms with van der Waals surface area (Å²) in [4.78, 5) is 39.4. The van der Waals surface area contributed by atoms with E-state index in [1.165, 1.54) is 10.4 Å². The SMILES string of the molecule is CO[C@@H](C[C@@H](C)C/C(C)=C/[C@H]1CC(=O)CO[C@@]12C[C@@H]([C@@H](C)[C@H](OC(=O)[C@@H]1CCCCN1)/C(C)=C/[C@@H]1CC[C@@H](O[Si](c3ccccc3)(c3ccccc3)C(C)(C)C)[C@H](OC)C1)OC(C)(C)O2)[C@H]1O[C@@H]([C@@H](O)C(=O)O)[C@H](C)C[C@@H]1OC. The normalized spacial score (nSPS) is 32.2. The van der Waals surface area contributed by atoms with Gasteiger partial charge in [-0.25, -0.2) is 4.79 Å². The van der Waals surface area contributed by atoms with Crippen molar-refractivity contribution in [3.05, 3.63) is 84.0 Å². The van der Waals surface area contributed by atoms with Crippen molar-refractivity contribution in [3.63, 3.8) is 0 Å². The summed E-state index contributed by atoms with van der Waals surface area (Å²) in [6.45, 7) is 21.5. The molecule has 0 radical (unpaired) electrons. The molecule has 3 N–H and O–H groups in total. The summed E-state index contributed by atoms with van der Waals surface area (Å²) in [6, 6.07) is 21.1. The van der Waals surface area contributed by atoms with Gasteiger partial charge < -0.3 is 57.9 Å². The lowest BCUT2D eigenvalue weighted by atomic mass is 9.78. The van der Waals surface area contributed by atoms with Crippen molar-refractivity contribution < 1.29 is 66.9 Å². The average Bonchev–Trinajstić information content (AvgIpc) is 3.43. The molecule has 16 atom stereocenters. The molecule has 1 spiro atoms. The number of rotatable bonds is 21. The van der Waals surface area contributed by atoms with Gasteiger partial charge in [0.15, 0.2) is 23.5 Å². The summed E-state index contributed by atoms with van der Waals surface area (Å²) in [6.07, 6.45) is 6.23. The zero-order chi connectivity index (χ0) is 57.5. The first-order valence-corrected chi connectivity index (χ1v) is 31.1. The molecule has 2 aromatic carbocycles. The highest BCUT2D eigenvalue weighted by atomic mass is 28.4. The summed E-state index contributed by atoms with van der Waals surface area (Å²) in [5, 5.41) is 25.8. The number of carbonyl (C=O) groups is 3. The Morgan fingerprint density at radius 2 is 1.54 bits per heavy atom. The average molecular weight is 1120 g/mol. The number of nitrogens with one attached hydrogen (secondary N) is 1. The van der Waals surface area contributed by atoms with Gasteiger partial charge in [-0.2, -0.15) is 0 Å². The van der Waals surface area contributed by atoms with Crippen LogP contribution in [0.1, 0.15) is 140 Å². The zero-order valence-corrected chi connectivity index (χ0v) is 50.6. The third-order valence-corrected chi connectivity index (χ3v) is 22.7. The van der Waals surface area contributed by atoms with Gasteiger partial charge in [0.25, 0.3) is 8.32 Å². The fraction of sp³-hybridized carbons (Fsp3) is 0.698. The molecule has 4 saturated heterocycles. The molecule has 7 rings (SSSR count). The van der Waals surface area contributed by atoms with E-state index < -0.39 is 74.4 Å². The number of benzene rings is 2. The quantitative estimate of drug-likeness (QED) is 0.0611. The van der Waals surface area contributed by atoms with Crippen molar-refractivity contribution in [1.29, 1.82) is 0 Å². The smallest absolute Gasteiger partial charge is 0.335 e. The van der Waals surface area contributed by atoms with Crippen LogP contribution in [-0.4, -0.2) is 143 Å². The molecule has 0 unspecified atom stereocenters. The van der Waals surface area contributed by atoms with Crippen molar-refractivity contribution in [1.82, 2.24) is 5.32 Å². The number of carboxylic acid groups (broad SMARTS) is 1. The second-order valence-corrected chi connectivity index (χ2v) is 29.5. The molecule has 5 fully saturated rings. The molecule has 16 heteroatoms. The van der Waals surface area contributed by atoms with Gasteiger partial charge in [0.1, 0.15) is 24.9 Å². The van der Waals surface area contributed by atoms with E-state index in [4.69, 9.17) is 42.3 Å². The van der Waals surface area contributed by atoms with Crippen molar-refractivity contribution in [2.24, 2.45) is 29.6 Å². The van der Waals surface area contributed by atoms with Crippen LogP contribution in [0.25, 0.3) is 0 Å². The summed E-state index contributed by atoms with van der Waals surface area (Å²) in [5.41, 5.74) is 1.98. The standard InChI is InChI=1S/C63H95NO14Si/c1-39(30-40(2)32-52(71-12)58-53(72-13)34-42(4)57(74-58)55(66)59(67)68)31-45-36-46(65)38-73-63(45)37-54(76-62(9,10)78-63)43(5)56(75-60(69)49-26-20-21-29-64-49)41(3)33-44-27-28-50(51(35-44)70-11)77-79(61(6,7)8,47-22-16-14-17-23-47)48-24-18-15-19-25-48/h14-19,22-25,31,33,40,42-45,49-58,64,66H,20-21,26-30,32,34-38H2,1-13H3,(H,67,68)/b39-31+,41-33+/t40-,42+,43+,44-,45-,49-,50+,51+,52-,53-,54-,55+,56+,57+,58+,63+/m0/s1. The van der Waals surface area contributed by atoms with E-state index >= 15 is 0 Å². The van der Waals surface area contributed by atoms with Gasteiger partial charge in [0, 0.05) is 46.0 Å². The molecule has 2 aromatic rings. The van der Waals surface area contributed by atoms with Crippen LogP contribution in [0.2, 0.25) is 5.04 Å². The summed E-state index contributed by atoms with van der Waals surface area (Å²) < 4.78 is 59.2. The molecule has 5 aliphatic rings. The highest BCUT2D eigenvalue weighted by Gasteiger charge is 2.57. The maximum Gasteiger partial charge on any atom is 0.335 e. The van der Waals surface area contributed by atoms with Crippen LogP contribution in [-0.2, 0) is 56.7 Å². The lowest BCUT2D eigenvalue weighted by molar-refractivity contribution is -0.419. The van der Waals surface area contributed by atoms with E-state index in [1.807, 2.05) is 20.8 Å². The highest BCUT2D eigenvalue weighted by molar-refractivity contribution is 6.99. The van der Waals surface area contributed by atoms with Gasteiger partial charge in [-0.15, -0.1) is 0 Å². The Kier molecular flexibility index (Phi) is 21.6. The van der Waals surface area contributed by atoms with Crippen LogP contribution < -0.4 is 15.7 Å². The number of carbonyl (C=O) groups excluding carboxylic acids is 2. The molecule has 1 aliphatic carbocycles. The van der Waals surface area contributed by atoms with Gasteiger partial charge in [0.05, 0.1) is 36.6 Å². The topological polar surface area (TPSA) is 187 Å². The molecule has 440 valence electrons. The summed E-state index contributed by atoms with van der Waals surface area (Å²) >= 11 is 0. The van der Waals surface area contributed by atoms with Gasteiger partial charge >= 0.3 is 11.9 Å². The number of methoxy groups -OCH3 is 3. The molecule has 4 heterocycles. The third kappa shape index (κ3) is 14.9. The Morgan fingerprint density at radius 1 is 0.886 bits per heavy atom. The first-order chi connectivity index (χ1) is 37.4. The number of allylic oxidation sites excluding steroid dienone is 2. The van der Waals surface area contributed by atoms with Crippen LogP contribution in [0.4, 0.5) is 0 Å². The van der Waals surface area contributed by atoms with Crippen LogP contribution in [0.5, 0.6) is 0 Å². The van der Waals surface area contributed by atoms with E-state index in [2.05, 4.69) is 127 Å². The van der Waals surface area contributed by atoms with E-state index in [0.29, 0.717) is 32.1 Å². The lowest BCUT2D eigenvalue weighted by Crippen LogP contribution is -2.68. The van der Waals surface area contributed by atoms with Crippen LogP contribution in [0.3, 0.4) is 0 Å². The molecule has 1 saturated carbocycles. The van der Waals surface area contributed by atoms with Crippen molar-refractivity contribution >= 4 is 36.4 Å². The monoisotopic (exact) mass is 1120 g/mol. The van der Waals surface area contributed by atoms with E-state index in [1.54, 1.807) is 21.3 Å². The third-order valence-electron chi connectivity index (χ3n) is 17.7. The van der Waals surface area contributed by atoms with E-state index in [-0.39, 0.29) is 71.8 Å². The number of aliphatic hydroxyl groups is 1. The second kappa shape index (κ2) is 27.2. The maximum atomic E-state index is 14.3. The minimum atomic E-state index is -2.87. The number of carboxylic acids is 1. The Bertz CT molecular complexity index is 2330. The van der Waals surface area contributed by atoms with Gasteiger partial charge in [-0.1, -0.05) is 126 Å². The molecule has 0 aromatic heterocycles. The van der Waals surface area contributed by atoms with Crippen LogP contribution in [0.15, 0.2) is 84.0 Å². The van der Waals surface area contributed by atoms with Crippen LogP contribution in [0, 0.1) is 29.6 Å². The Balaban J connectivity index is 1.12. The highest BCUT2D eigenvalue weighted by Crippen LogP contribution is 2.48. The number of esters is 1. The minimum absolute atomic E-state index is 0.0244. The molecular formula is C63H95NO14Si. The number of ether oxygens (including phenoxy) is 8. The lowest BCUT2D eigenvalue weighted by Gasteiger charge is -2.53. The Hall–Kier alpha value is -3.65. The zero-order valence-electron chi connectivity index (χ0n) is 49.6. The first kappa shape index (κ1) is 62.9.